The summed E-state index contributed by atoms with van der Waals surface area (Å²) in [6.45, 7) is 1.93. The summed E-state index contributed by atoms with van der Waals surface area (Å²) in [6, 6.07) is 13.8. The van der Waals surface area contributed by atoms with Crippen molar-refractivity contribution in [3.05, 3.63) is 80.5 Å². The normalized spacial score (nSPS) is 11.1. The van der Waals surface area contributed by atoms with Crippen molar-refractivity contribution in [1.82, 2.24) is 5.43 Å². The molecule has 3 aromatic rings. The molecule has 1 heterocycles. The molecule has 0 aliphatic heterocycles. The van der Waals surface area contributed by atoms with E-state index in [1.165, 1.54) is 18.3 Å². The van der Waals surface area contributed by atoms with Gasteiger partial charge in [-0.1, -0.05) is 46.9 Å². The number of furan rings is 1. The Morgan fingerprint density at radius 3 is 2.58 bits per heavy atom. The number of hydrogen-bond acceptors (Lipinski definition) is 3. The van der Waals surface area contributed by atoms with Gasteiger partial charge in [0.1, 0.15) is 11.5 Å². The number of amides is 1. The molecule has 26 heavy (non-hydrogen) atoms. The van der Waals surface area contributed by atoms with E-state index in [1.54, 1.807) is 18.2 Å². The van der Waals surface area contributed by atoms with Gasteiger partial charge in [0, 0.05) is 15.6 Å². The molecule has 0 bridgehead atoms. The highest BCUT2D eigenvalue weighted by Crippen LogP contribution is 2.26. The Balaban J connectivity index is 1.68. The summed E-state index contributed by atoms with van der Waals surface area (Å²) < 4.78 is 5.69. The minimum Gasteiger partial charge on any atom is -0.455 e. The summed E-state index contributed by atoms with van der Waals surface area (Å²) in [6.07, 6.45) is 1.40. The van der Waals surface area contributed by atoms with E-state index in [0.29, 0.717) is 21.6 Å². The van der Waals surface area contributed by atoms with Gasteiger partial charge < -0.3 is 4.42 Å². The van der Waals surface area contributed by atoms with Crippen molar-refractivity contribution in [3.8, 4) is 11.3 Å². The number of nitrogens with one attached hydrogen (secondary N) is 1. The maximum Gasteiger partial charge on any atom is 0.272 e. The average Bonchev–Trinajstić information content (AvgIpc) is 3.06. The predicted molar refractivity (Wildman–Crippen MR) is 105 cm³/mol. The fourth-order valence-corrected chi connectivity index (χ4v) is 2.89. The second-order valence-electron chi connectivity index (χ2n) is 5.49. The lowest BCUT2D eigenvalue weighted by Crippen LogP contribution is -2.17. The monoisotopic (exact) mass is 406 g/mol. The van der Waals surface area contributed by atoms with Gasteiger partial charge in [-0.25, -0.2) is 5.43 Å². The second kappa shape index (κ2) is 7.96. The highest BCUT2D eigenvalue weighted by molar-refractivity contribution is 6.36. The Morgan fingerprint density at radius 2 is 1.85 bits per heavy atom. The Bertz CT molecular complexity index is 996. The van der Waals surface area contributed by atoms with E-state index in [1.807, 2.05) is 25.1 Å². The minimum atomic E-state index is -0.444. The Labute approximate surface area is 165 Å². The third kappa shape index (κ3) is 4.28. The summed E-state index contributed by atoms with van der Waals surface area (Å²) in [5.41, 5.74) is 4.53. The van der Waals surface area contributed by atoms with Gasteiger partial charge in [-0.2, -0.15) is 5.10 Å². The van der Waals surface area contributed by atoms with Gasteiger partial charge in [0.15, 0.2) is 0 Å². The number of carbonyl (C=O) groups is 1. The van der Waals surface area contributed by atoms with Crippen LogP contribution in [0.2, 0.25) is 15.1 Å². The summed E-state index contributed by atoms with van der Waals surface area (Å²) in [4.78, 5) is 12.1. The lowest BCUT2D eigenvalue weighted by molar-refractivity contribution is 0.0955. The number of hydrogen-bond donors (Lipinski definition) is 1. The molecule has 2 aromatic carbocycles. The van der Waals surface area contributed by atoms with Crippen molar-refractivity contribution in [1.29, 1.82) is 0 Å². The van der Waals surface area contributed by atoms with Crippen LogP contribution in [0.1, 0.15) is 21.7 Å². The molecule has 0 saturated carbocycles. The fourth-order valence-electron chi connectivity index (χ4n) is 2.21. The first-order valence-corrected chi connectivity index (χ1v) is 8.72. The van der Waals surface area contributed by atoms with Crippen LogP contribution in [-0.4, -0.2) is 12.1 Å². The number of nitrogens with zero attached hydrogens (tertiary/aromatic N) is 1. The molecule has 0 unspecified atom stereocenters. The smallest absolute Gasteiger partial charge is 0.272 e. The van der Waals surface area contributed by atoms with Gasteiger partial charge in [0.2, 0.25) is 0 Å². The van der Waals surface area contributed by atoms with Crippen LogP contribution in [0, 0.1) is 6.92 Å². The van der Waals surface area contributed by atoms with Crippen LogP contribution < -0.4 is 5.43 Å². The zero-order chi connectivity index (χ0) is 18.7. The van der Waals surface area contributed by atoms with E-state index < -0.39 is 5.91 Å². The molecule has 0 fully saturated rings. The molecule has 0 saturated heterocycles. The van der Waals surface area contributed by atoms with Crippen LogP contribution in [0.4, 0.5) is 0 Å². The number of carbonyl (C=O) groups excluding carboxylic acids is 1. The van der Waals surface area contributed by atoms with E-state index in [4.69, 9.17) is 39.2 Å². The van der Waals surface area contributed by atoms with Crippen LogP contribution in [-0.2, 0) is 0 Å². The first-order chi connectivity index (χ1) is 12.4. The molecule has 0 spiro atoms. The number of hydrazone groups is 1. The molecule has 3 rings (SSSR count). The maximum atomic E-state index is 12.1. The summed E-state index contributed by atoms with van der Waals surface area (Å²) in [5, 5.41) is 5.26. The highest BCUT2D eigenvalue weighted by atomic mass is 35.5. The van der Waals surface area contributed by atoms with Crippen LogP contribution >= 0.6 is 34.8 Å². The molecule has 132 valence electrons. The lowest BCUT2D eigenvalue weighted by atomic mass is 10.1. The van der Waals surface area contributed by atoms with Gasteiger partial charge in [0.05, 0.1) is 16.8 Å². The van der Waals surface area contributed by atoms with Crippen LogP contribution in [0.25, 0.3) is 11.3 Å². The van der Waals surface area contributed by atoms with Gasteiger partial charge in [-0.15, -0.1) is 0 Å². The standard InChI is InChI=1S/C19H13Cl3N2O2/c1-11-2-3-12(8-16(11)21)18-7-5-14(26-18)10-23-24-19(25)15-6-4-13(20)9-17(15)22/h2-10H,1H3,(H,24,25)/b23-10-. The molecule has 0 atom stereocenters. The first kappa shape index (κ1) is 18.5. The van der Waals surface area contributed by atoms with Crippen molar-refractivity contribution in [2.24, 2.45) is 5.10 Å². The largest absolute Gasteiger partial charge is 0.455 e. The molecule has 0 radical (unpaired) electrons. The van der Waals surface area contributed by atoms with Crippen molar-refractivity contribution < 1.29 is 9.21 Å². The molecule has 7 heteroatoms. The Morgan fingerprint density at radius 1 is 1.04 bits per heavy atom. The maximum absolute atomic E-state index is 12.1. The quantitative estimate of drug-likeness (QED) is 0.427. The van der Waals surface area contributed by atoms with Crippen molar-refractivity contribution >= 4 is 46.9 Å². The average molecular weight is 408 g/mol. The zero-order valence-electron chi connectivity index (χ0n) is 13.6. The molecule has 0 aliphatic carbocycles. The number of benzene rings is 2. The third-order valence-electron chi connectivity index (χ3n) is 3.62. The molecular weight excluding hydrogens is 395 g/mol. The molecule has 0 aliphatic rings. The lowest BCUT2D eigenvalue weighted by Gasteiger charge is -2.02. The van der Waals surface area contributed by atoms with Crippen molar-refractivity contribution in [3.63, 3.8) is 0 Å². The van der Waals surface area contributed by atoms with Gasteiger partial charge in [-0.05, 0) is 48.9 Å². The number of rotatable bonds is 4. The van der Waals surface area contributed by atoms with Gasteiger partial charge >= 0.3 is 0 Å². The Hall–Kier alpha value is -2.27. The summed E-state index contributed by atoms with van der Waals surface area (Å²) >= 11 is 17.9. The topological polar surface area (TPSA) is 54.6 Å². The molecule has 4 nitrogen and oxygen atoms in total. The Kier molecular flexibility index (Phi) is 5.67. The third-order valence-corrected chi connectivity index (χ3v) is 4.57. The van der Waals surface area contributed by atoms with E-state index >= 15 is 0 Å². The predicted octanol–water partition coefficient (Wildman–Crippen LogP) is 5.98. The molecule has 1 amide bonds. The second-order valence-corrected chi connectivity index (χ2v) is 6.74. The van der Waals surface area contributed by atoms with Crippen molar-refractivity contribution in [2.45, 2.75) is 6.92 Å². The van der Waals surface area contributed by atoms with Crippen LogP contribution in [0.5, 0.6) is 0 Å². The SMILES string of the molecule is Cc1ccc(-c2ccc(/C=N\NC(=O)c3ccc(Cl)cc3Cl)o2)cc1Cl. The molecular formula is C19H13Cl3N2O2. The summed E-state index contributed by atoms with van der Waals surface area (Å²) in [5.74, 6) is 0.694. The van der Waals surface area contributed by atoms with E-state index in [-0.39, 0.29) is 10.6 Å². The highest BCUT2D eigenvalue weighted by Gasteiger charge is 2.10. The number of aryl methyl sites for hydroxylation is 1. The molecule has 1 aromatic heterocycles. The van der Waals surface area contributed by atoms with Crippen LogP contribution in [0.3, 0.4) is 0 Å². The van der Waals surface area contributed by atoms with E-state index in [2.05, 4.69) is 10.5 Å². The van der Waals surface area contributed by atoms with Gasteiger partial charge in [0.25, 0.3) is 5.91 Å². The van der Waals surface area contributed by atoms with E-state index in [0.717, 1.165) is 11.1 Å². The zero-order valence-corrected chi connectivity index (χ0v) is 15.9. The fraction of sp³-hybridized carbons (Fsp3) is 0.0526. The van der Waals surface area contributed by atoms with Crippen LogP contribution in [0.15, 0.2) is 58.0 Å². The first-order valence-electron chi connectivity index (χ1n) is 7.59. The van der Waals surface area contributed by atoms with Gasteiger partial charge in [-0.3, -0.25) is 4.79 Å². The van der Waals surface area contributed by atoms with E-state index in [9.17, 15) is 4.79 Å². The summed E-state index contributed by atoms with van der Waals surface area (Å²) in [7, 11) is 0. The number of halogens is 3. The molecule has 1 N–H and O–H groups in total. The van der Waals surface area contributed by atoms with Crippen molar-refractivity contribution in [2.75, 3.05) is 0 Å². The minimum absolute atomic E-state index is 0.252.